The molecule has 1 heterocycles. The van der Waals surface area contributed by atoms with Crippen LogP contribution in [0.15, 0.2) is 41.0 Å². The molecule has 6 heteroatoms. The van der Waals surface area contributed by atoms with Crippen molar-refractivity contribution in [3.05, 3.63) is 58.1 Å². The van der Waals surface area contributed by atoms with Crippen LogP contribution in [0.4, 0.5) is 10.1 Å². The number of aromatic nitrogens is 1. The fraction of sp³-hybridized carbons (Fsp3) is 0.143. The van der Waals surface area contributed by atoms with Gasteiger partial charge in [-0.15, -0.1) is 0 Å². The van der Waals surface area contributed by atoms with E-state index in [9.17, 15) is 9.18 Å². The van der Waals surface area contributed by atoms with Gasteiger partial charge in [-0.1, -0.05) is 22.0 Å². The topological polar surface area (TPSA) is 59.2 Å². The van der Waals surface area contributed by atoms with Crippen molar-refractivity contribution >= 4 is 27.5 Å². The molecule has 2 rings (SSSR count). The van der Waals surface area contributed by atoms with Gasteiger partial charge in [-0.05, 0) is 29.8 Å². The van der Waals surface area contributed by atoms with Gasteiger partial charge in [-0.3, -0.25) is 9.78 Å². The summed E-state index contributed by atoms with van der Waals surface area (Å²) < 4.78 is 14.5. The number of carbonyl (C=O) groups excluding carboxylic acids is 1. The number of hydrogen-bond donors (Lipinski definition) is 1. The normalized spacial score (nSPS) is 10.4. The summed E-state index contributed by atoms with van der Waals surface area (Å²) in [5.74, 6) is -0.854. The number of carbonyl (C=O) groups is 1. The Morgan fingerprint density at radius 3 is 2.75 bits per heavy atom. The lowest BCUT2D eigenvalue weighted by Crippen LogP contribution is -2.28. The molecule has 0 fully saturated rings. The maximum atomic E-state index is 13.8. The first-order valence-corrected chi connectivity index (χ1v) is 6.70. The van der Waals surface area contributed by atoms with Crippen LogP contribution >= 0.6 is 15.9 Å². The van der Waals surface area contributed by atoms with Crippen LogP contribution in [-0.2, 0) is 6.54 Å². The first kappa shape index (κ1) is 14.6. The molecule has 1 aromatic carbocycles. The molecule has 2 N–H and O–H groups in total. The molecular weight excluding hydrogens is 325 g/mol. The molecule has 2 aromatic rings. The molecule has 0 bridgehead atoms. The number of halogens is 2. The summed E-state index contributed by atoms with van der Waals surface area (Å²) in [6, 6.07) is 7.73. The fourth-order valence-electron chi connectivity index (χ4n) is 1.70. The van der Waals surface area contributed by atoms with Crippen molar-refractivity contribution in [1.82, 2.24) is 4.98 Å². The summed E-state index contributed by atoms with van der Waals surface area (Å²) in [6.45, 7) is 0.359. The maximum absolute atomic E-state index is 13.8. The van der Waals surface area contributed by atoms with Crippen molar-refractivity contribution in [3.8, 4) is 0 Å². The summed E-state index contributed by atoms with van der Waals surface area (Å²) in [5, 5.41) is 0. The van der Waals surface area contributed by atoms with Gasteiger partial charge in [0.05, 0.1) is 5.69 Å². The summed E-state index contributed by atoms with van der Waals surface area (Å²) in [4.78, 5) is 17.5. The van der Waals surface area contributed by atoms with E-state index in [1.54, 1.807) is 30.5 Å². The molecule has 0 unspecified atom stereocenters. The standard InChI is InChI=1S/C14H13BrFN3O/c1-19(13-6-10(15)3-4-11(13)16)14(20)12-5-2-9(7-17)8-18-12/h2-6,8H,7,17H2,1H3. The number of nitrogens with zero attached hydrogens (tertiary/aromatic N) is 2. The van der Waals surface area contributed by atoms with Crippen LogP contribution in [0.3, 0.4) is 0 Å². The first-order valence-electron chi connectivity index (χ1n) is 5.91. The molecule has 0 atom stereocenters. The number of amides is 1. The van der Waals surface area contributed by atoms with Crippen LogP contribution in [0.5, 0.6) is 0 Å². The molecule has 1 amide bonds. The van der Waals surface area contributed by atoms with E-state index >= 15 is 0 Å². The van der Waals surface area contributed by atoms with Crippen molar-refractivity contribution in [1.29, 1.82) is 0 Å². The Labute approximate surface area is 124 Å². The van der Waals surface area contributed by atoms with E-state index in [0.29, 0.717) is 11.0 Å². The molecule has 0 aliphatic carbocycles. The predicted octanol–water partition coefficient (Wildman–Crippen LogP) is 2.72. The van der Waals surface area contributed by atoms with E-state index in [1.807, 2.05) is 0 Å². The minimum atomic E-state index is -0.470. The Hall–Kier alpha value is -1.79. The second-order valence-electron chi connectivity index (χ2n) is 4.22. The average Bonchev–Trinajstić information content (AvgIpc) is 2.48. The van der Waals surface area contributed by atoms with Crippen molar-refractivity contribution in [2.24, 2.45) is 5.73 Å². The number of hydrogen-bond acceptors (Lipinski definition) is 3. The van der Waals surface area contributed by atoms with E-state index in [2.05, 4.69) is 20.9 Å². The van der Waals surface area contributed by atoms with Crippen LogP contribution in [0.25, 0.3) is 0 Å². The summed E-state index contributed by atoms with van der Waals surface area (Å²) in [6.07, 6.45) is 1.54. The third kappa shape index (κ3) is 3.02. The van der Waals surface area contributed by atoms with Crippen LogP contribution in [0, 0.1) is 5.82 Å². The Bertz CT molecular complexity index is 631. The van der Waals surface area contributed by atoms with E-state index in [4.69, 9.17) is 5.73 Å². The number of rotatable bonds is 3. The van der Waals surface area contributed by atoms with E-state index in [0.717, 1.165) is 5.56 Å². The molecule has 0 spiro atoms. The third-order valence-corrected chi connectivity index (χ3v) is 3.35. The van der Waals surface area contributed by atoms with Gasteiger partial charge in [0.2, 0.25) is 0 Å². The van der Waals surface area contributed by atoms with Crippen molar-refractivity contribution in [3.63, 3.8) is 0 Å². The number of pyridine rings is 1. The van der Waals surface area contributed by atoms with Gasteiger partial charge in [-0.25, -0.2) is 4.39 Å². The SMILES string of the molecule is CN(C(=O)c1ccc(CN)cn1)c1cc(Br)ccc1F. The molecule has 0 aliphatic rings. The number of nitrogens with two attached hydrogens (primary N) is 1. The second kappa shape index (κ2) is 6.11. The zero-order valence-corrected chi connectivity index (χ0v) is 12.4. The van der Waals surface area contributed by atoms with Crippen LogP contribution < -0.4 is 10.6 Å². The van der Waals surface area contributed by atoms with E-state index in [1.165, 1.54) is 18.0 Å². The molecule has 0 saturated carbocycles. The lowest BCUT2D eigenvalue weighted by atomic mass is 10.2. The Kier molecular flexibility index (Phi) is 4.46. The van der Waals surface area contributed by atoms with E-state index in [-0.39, 0.29) is 17.3 Å². The van der Waals surface area contributed by atoms with Crippen LogP contribution in [-0.4, -0.2) is 17.9 Å². The molecule has 0 aliphatic heterocycles. The lowest BCUT2D eigenvalue weighted by Gasteiger charge is -2.18. The highest BCUT2D eigenvalue weighted by Gasteiger charge is 2.18. The lowest BCUT2D eigenvalue weighted by molar-refractivity contribution is 0.0987. The monoisotopic (exact) mass is 337 g/mol. The van der Waals surface area contributed by atoms with Crippen LogP contribution in [0.1, 0.15) is 16.1 Å². The highest BCUT2D eigenvalue weighted by atomic mass is 79.9. The molecule has 0 saturated heterocycles. The van der Waals surface area contributed by atoms with Gasteiger partial charge in [-0.2, -0.15) is 0 Å². The maximum Gasteiger partial charge on any atom is 0.276 e. The molecule has 1 aromatic heterocycles. The third-order valence-electron chi connectivity index (χ3n) is 2.85. The van der Waals surface area contributed by atoms with Gasteiger partial charge in [0.1, 0.15) is 11.5 Å². The van der Waals surface area contributed by atoms with E-state index < -0.39 is 5.82 Å². The second-order valence-corrected chi connectivity index (χ2v) is 5.13. The van der Waals surface area contributed by atoms with Crippen molar-refractivity contribution in [2.45, 2.75) is 6.54 Å². The Morgan fingerprint density at radius 1 is 1.40 bits per heavy atom. The van der Waals surface area contributed by atoms with Gasteiger partial charge >= 0.3 is 0 Å². The predicted molar refractivity (Wildman–Crippen MR) is 79.0 cm³/mol. The summed E-state index contributed by atoms with van der Waals surface area (Å²) in [5.41, 5.74) is 6.73. The largest absolute Gasteiger partial charge is 0.326 e. The van der Waals surface area contributed by atoms with Gasteiger partial charge in [0.15, 0.2) is 0 Å². The summed E-state index contributed by atoms with van der Waals surface area (Å²) in [7, 11) is 1.51. The molecular formula is C14H13BrFN3O. The minimum Gasteiger partial charge on any atom is -0.326 e. The number of benzene rings is 1. The van der Waals surface area contributed by atoms with Crippen molar-refractivity contribution in [2.75, 3.05) is 11.9 Å². The highest BCUT2D eigenvalue weighted by molar-refractivity contribution is 9.10. The van der Waals surface area contributed by atoms with Crippen LogP contribution in [0.2, 0.25) is 0 Å². The van der Waals surface area contributed by atoms with Crippen molar-refractivity contribution < 1.29 is 9.18 Å². The average molecular weight is 338 g/mol. The number of anilines is 1. The van der Waals surface area contributed by atoms with Gasteiger partial charge < -0.3 is 10.6 Å². The fourth-order valence-corrected chi connectivity index (χ4v) is 2.04. The zero-order chi connectivity index (χ0) is 14.7. The summed E-state index contributed by atoms with van der Waals surface area (Å²) >= 11 is 3.25. The Balaban J connectivity index is 2.29. The zero-order valence-electron chi connectivity index (χ0n) is 10.8. The first-order chi connectivity index (χ1) is 9.52. The smallest absolute Gasteiger partial charge is 0.276 e. The molecule has 4 nitrogen and oxygen atoms in total. The molecule has 20 heavy (non-hydrogen) atoms. The minimum absolute atomic E-state index is 0.189. The van der Waals surface area contributed by atoms with Gasteiger partial charge in [0.25, 0.3) is 5.91 Å². The molecule has 104 valence electrons. The van der Waals surface area contributed by atoms with Gasteiger partial charge in [0, 0.05) is 24.3 Å². The Morgan fingerprint density at radius 2 is 2.15 bits per heavy atom. The quantitative estimate of drug-likeness (QED) is 0.936. The molecule has 0 radical (unpaired) electrons. The highest BCUT2D eigenvalue weighted by Crippen LogP contribution is 2.24.